The monoisotopic (exact) mass is 312 g/mol. The Balaban J connectivity index is 2.17. The van der Waals surface area contributed by atoms with Crippen LogP contribution < -0.4 is 0 Å². The summed E-state index contributed by atoms with van der Waals surface area (Å²) < 4.78 is 20.6. The third kappa shape index (κ3) is 3.76. The fourth-order valence-electron chi connectivity index (χ4n) is 1.99. The summed E-state index contributed by atoms with van der Waals surface area (Å²) in [6.45, 7) is 6.36. The SMILES string of the molecule is COC(=O)c1coc(C2COCCN2C(=O)OC(C)(C)C)n1. The molecule has 1 aliphatic rings. The number of nitrogens with zero attached hydrogens (tertiary/aromatic N) is 2. The highest BCUT2D eigenvalue weighted by atomic mass is 16.6. The first-order valence-corrected chi connectivity index (χ1v) is 6.93. The average molecular weight is 312 g/mol. The fraction of sp³-hybridized carbons (Fsp3) is 0.643. The molecular weight excluding hydrogens is 292 g/mol. The van der Waals surface area contributed by atoms with E-state index in [2.05, 4.69) is 9.72 Å². The number of ether oxygens (including phenoxy) is 3. The lowest BCUT2D eigenvalue weighted by Gasteiger charge is -2.34. The second-order valence-corrected chi connectivity index (χ2v) is 5.83. The molecule has 0 saturated carbocycles. The zero-order valence-corrected chi connectivity index (χ0v) is 13.1. The highest BCUT2D eigenvalue weighted by molar-refractivity contribution is 5.86. The van der Waals surface area contributed by atoms with Crippen LogP contribution in [-0.4, -0.2) is 54.4 Å². The molecule has 0 aromatic carbocycles. The van der Waals surface area contributed by atoms with Crippen molar-refractivity contribution in [2.24, 2.45) is 0 Å². The molecule has 2 rings (SSSR count). The molecule has 122 valence electrons. The Morgan fingerprint density at radius 1 is 1.41 bits per heavy atom. The molecule has 22 heavy (non-hydrogen) atoms. The Hall–Kier alpha value is -2.09. The van der Waals surface area contributed by atoms with Gasteiger partial charge in [-0.25, -0.2) is 14.6 Å². The van der Waals surface area contributed by atoms with Crippen LogP contribution in [0, 0.1) is 0 Å². The Kier molecular flexibility index (Phi) is 4.70. The zero-order chi connectivity index (χ0) is 16.3. The highest BCUT2D eigenvalue weighted by Gasteiger charge is 2.35. The molecule has 8 nitrogen and oxygen atoms in total. The van der Waals surface area contributed by atoms with E-state index >= 15 is 0 Å². The number of aromatic nitrogens is 1. The van der Waals surface area contributed by atoms with Crippen molar-refractivity contribution in [2.45, 2.75) is 32.4 Å². The first-order valence-electron chi connectivity index (χ1n) is 6.93. The van der Waals surface area contributed by atoms with Crippen LogP contribution in [0.5, 0.6) is 0 Å². The zero-order valence-electron chi connectivity index (χ0n) is 13.1. The predicted molar refractivity (Wildman–Crippen MR) is 74.3 cm³/mol. The van der Waals surface area contributed by atoms with E-state index in [-0.39, 0.29) is 18.2 Å². The number of carbonyl (C=O) groups is 2. The molecular formula is C14H20N2O6. The summed E-state index contributed by atoms with van der Waals surface area (Å²) in [6.07, 6.45) is 0.724. The van der Waals surface area contributed by atoms with Gasteiger partial charge in [0.15, 0.2) is 5.69 Å². The first-order chi connectivity index (χ1) is 10.3. The second-order valence-electron chi connectivity index (χ2n) is 5.83. The van der Waals surface area contributed by atoms with Gasteiger partial charge in [-0.05, 0) is 20.8 Å². The normalized spacial score (nSPS) is 18.9. The lowest BCUT2D eigenvalue weighted by molar-refractivity contribution is -0.0390. The largest absolute Gasteiger partial charge is 0.464 e. The van der Waals surface area contributed by atoms with Gasteiger partial charge in [0.25, 0.3) is 0 Å². The van der Waals surface area contributed by atoms with E-state index in [4.69, 9.17) is 13.9 Å². The number of hydrogen-bond acceptors (Lipinski definition) is 7. The van der Waals surface area contributed by atoms with E-state index in [1.54, 1.807) is 20.8 Å². The molecule has 8 heteroatoms. The maximum atomic E-state index is 12.3. The summed E-state index contributed by atoms with van der Waals surface area (Å²) in [5.41, 5.74) is -0.555. The molecule has 0 N–H and O–H groups in total. The number of amides is 1. The molecule has 1 unspecified atom stereocenters. The summed E-state index contributed by atoms with van der Waals surface area (Å²) in [6, 6.07) is -0.540. The van der Waals surface area contributed by atoms with Gasteiger partial charge in [-0.15, -0.1) is 0 Å². The first kappa shape index (κ1) is 16.3. The van der Waals surface area contributed by atoms with Gasteiger partial charge in [0.05, 0.1) is 20.3 Å². The number of carbonyl (C=O) groups excluding carboxylic acids is 2. The van der Waals surface area contributed by atoms with Gasteiger partial charge < -0.3 is 18.6 Å². The van der Waals surface area contributed by atoms with Crippen molar-refractivity contribution >= 4 is 12.1 Å². The summed E-state index contributed by atoms with van der Waals surface area (Å²) in [4.78, 5) is 29.3. The standard InChI is InChI=1S/C14H20N2O6/c1-14(2,3)22-13(18)16-5-6-20-8-10(16)11-15-9(7-21-11)12(17)19-4/h7,10H,5-6,8H2,1-4H3. The third-order valence-corrected chi connectivity index (χ3v) is 2.96. The average Bonchev–Trinajstić information content (AvgIpc) is 2.94. The van der Waals surface area contributed by atoms with Gasteiger partial charge in [0, 0.05) is 6.54 Å². The molecule has 2 heterocycles. The van der Waals surface area contributed by atoms with Gasteiger partial charge >= 0.3 is 12.1 Å². The molecule has 1 aromatic rings. The van der Waals surface area contributed by atoms with Crippen LogP contribution in [0.2, 0.25) is 0 Å². The van der Waals surface area contributed by atoms with Crippen molar-refractivity contribution in [3.63, 3.8) is 0 Å². The van der Waals surface area contributed by atoms with Crippen LogP contribution in [0.3, 0.4) is 0 Å². The smallest absolute Gasteiger partial charge is 0.411 e. The third-order valence-electron chi connectivity index (χ3n) is 2.96. The molecule has 1 amide bonds. The van der Waals surface area contributed by atoms with E-state index in [0.717, 1.165) is 0 Å². The second kappa shape index (κ2) is 6.35. The Bertz CT molecular complexity index is 548. The Morgan fingerprint density at radius 2 is 2.14 bits per heavy atom. The number of hydrogen-bond donors (Lipinski definition) is 0. The number of methoxy groups -OCH3 is 1. The fourth-order valence-corrected chi connectivity index (χ4v) is 1.99. The minimum absolute atomic E-state index is 0.0483. The van der Waals surface area contributed by atoms with E-state index < -0.39 is 23.7 Å². The molecule has 0 spiro atoms. The molecule has 0 aliphatic carbocycles. The molecule has 0 bridgehead atoms. The van der Waals surface area contributed by atoms with Crippen molar-refractivity contribution < 1.29 is 28.2 Å². The van der Waals surface area contributed by atoms with Gasteiger partial charge in [-0.3, -0.25) is 4.90 Å². The quantitative estimate of drug-likeness (QED) is 0.768. The van der Waals surface area contributed by atoms with Crippen LogP contribution >= 0.6 is 0 Å². The number of oxazole rings is 1. The number of morpholine rings is 1. The van der Waals surface area contributed by atoms with E-state index in [9.17, 15) is 9.59 Å². The van der Waals surface area contributed by atoms with Gasteiger partial charge in [0.1, 0.15) is 17.9 Å². The summed E-state index contributed by atoms with van der Waals surface area (Å²) in [7, 11) is 1.26. The summed E-state index contributed by atoms with van der Waals surface area (Å²) >= 11 is 0. The minimum atomic E-state index is -0.603. The molecule has 1 saturated heterocycles. The van der Waals surface area contributed by atoms with Crippen molar-refractivity contribution in [3.05, 3.63) is 17.8 Å². The van der Waals surface area contributed by atoms with E-state index in [1.165, 1.54) is 18.3 Å². The maximum Gasteiger partial charge on any atom is 0.411 e. The molecule has 1 aliphatic heterocycles. The Morgan fingerprint density at radius 3 is 2.77 bits per heavy atom. The van der Waals surface area contributed by atoms with Crippen molar-refractivity contribution in [3.8, 4) is 0 Å². The summed E-state index contributed by atoms with van der Waals surface area (Å²) in [5.74, 6) is -0.387. The molecule has 0 radical (unpaired) electrons. The predicted octanol–water partition coefficient (Wildman–Crippen LogP) is 1.77. The number of rotatable bonds is 2. The van der Waals surface area contributed by atoms with Gasteiger partial charge in [-0.1, -0.05) is 0 Å². The van der Waals surface area contributed by atoms with Crippen LogP contribution in [-0.2, 0) is 14.2 Å². The molecule has 1 fully saturated rings. The summed E-state index contributed by atoms with van der Waals surface area (Å²) in [5, 5.41) is 0. The van der Waals surface area contributed by atoms with Crippen LogP contribution in [0.25, 0.3) is 0 Å². The lowest BCUT2D eigenvalue weighted by Crippen LogP contribution is -2.45. The van der Waals surface area contributed by atoms with Crippen molar-refractivity contribution in [1.29, 1.82) is 0 Å². The van der Waals surface area contributed by atoms with Crippen molar-refractivity contribution in [2.75, 3.05) is 26.9 Å². The number of esters is 1. The maximum absolute atomic E-state index is 12.3. The van der Waals surface area contributed by atoms with Crippen molar-refractivity contribution in [1.82, 2.24) is 9.88 Å². The van der Waals surface area contributed by atoms with Gasteiger partial charge in [0.2, 0.25) is 5.89 Å². The Labute approximate surface area is 128 Å². The van der Waals surface area contributed by atoms with Crippen LogP contribution in [0.1, 0.15) is 43.2 Å². The highest BCUT2D eigenvalue weighted by Crippen LogP contribution is 2.26. The van der Waals surface area contributed by atoms with Crippen LogP contribution in [0.4, 0.5) is 4.79 Å². The topological polar surface area (TPSA) is 91.1 Å². The van der Waals surface area contributed by atoms with Gasteiger partial charge in [-0.2, -0.15) is 0 Å². The molecule has 1 atom stereocenters. The minimum Gasteiger partial charge on any atom is -0.464 e. The van der Waals surface area contributed by atoms with E-state index in [0.29, 0.717) is 13.2 Å². The van der Waals surface area contributed by atoms with Crippen LogP contribution in [0.15, 0.2) is 10.7 Å². The lowest BCUT2D eigenvalue weighted by atomic mass is 10.2. The van der Waals surface area contributed by atoms with E-state index in [1.807, 2.05) is 0 Å². The molecule has 1 aromatic heterocycles.